The molecule has 5 aliphatic rings. The number of pyridine rings is 1. The standard InChI is InChI=1S/C59H70N8O9S/c1-39(2)49-6-4-5-7-50(49)54-36-64(35-41-8-11-45(12-9-41)75-47-37-74-38-47)26-27-66(54)44-31-59(32-44)21-24-65(25-22-59)43-10-14-51(55(29-43)76-46-28-42-18-23-60-56(42)62-34-46)57(68)63-77(72,73)48-13-15-52(53(30-48)67(70)71)61-33-40-16-19-58(3,69)20-17-40/h4-15,18,23,28-30,34,39-40,44,47,54,61,69H,16-17,19-22,24-27,31-33,35-38H2,1-3H3,(H,60,62)(H,63,68)/t40-,54?,58-. The van der Waals surface area contributed by atoms with Crippen LogP contribution in [0, 0.1) is 21.4 Å². The molecule has 4 aromatic carbocycles. The molecule has 18 heteroatoms. The number of aliphatic hydroxyl groups is 1. The number of nitro groups is 1. The van der Waals surface area contributed by atoms with Crippen LogP contribution in [0.4, 0.5) is 17.1 Å². The van der Waals surface area contributed by atoms with E-state index in [4.69, 9.17) is 14.2 Å². The molecule has 2 aliphatic carbocycles. The Kier molecular flexibility index (Phi) is 14.8. The quantitative estimate of drug-likeness (QED) is 0.0496. The predicted molar refractivity (Wildman–Crippen MR) is 295 cm³/mol. The highest BCUT2D eigenvalue weighted by Gasteiger charge is 2.50. The molecule has 1 atom stereocenters. The van der Waals surface area contributed by atoms with Crippen molar-refractivity contribution in [2.24, 2.45) is 11.3 Å². The van der Waals surface area contributed by atoms with Gasteiger partial charge in [0.2, 0.25) is 0 Å². The average Bonchev–Trinajstić information content (AvgIpc) is 3.90. The first-order chi connectivity index (χ1) is 37.1. The number of carbonyl (C=O) groups excluding carboxylic acids is 1. The summed E-state index contributed by atoms with van der Waals surface area (Å²) in [5, 5.41) is 26.5. The fraction of sp³-hybridized carbons (Fsp3) is 0.458. The predicted octanol–water partition coefficient (Wildman–Crippen LogP) is 9.94. The van der Waals surface area contributed by atoms with E-state index in [-0.39, 0.29) is 40.5 Å². The van der Waals surface area contributed by atoms with Gasteiger partial charge < -0.3 is 34.5 Å². The van der Waals surface area contributed by atoms with Crippen LogP contribution in [0.25, 0.3) is 11.0 Å². The summed E-state index contributed by atoms with van der Waals surface area (Å²) in [6.07, 6.45) is 10.5. The Morgan fingerprint density at radius 2 is 1.70 bits per heavy atom. The van der Waals surface area contributed by atoms with Crippen molar-refractivity contribution < 1.29 is 37.5 Å². The molecule has 17 nitrogen and oxygen atoms in total. The van der Waals surface area contributed by atoms with Gasteiger partial charge >= 0.3 is 0 Å². The first kappa shape index (κ1) is 52.5. The van der Waals surface area contributed by atoms with Gasteiger partial charge in [0.05, 0.1) is 40.4 Å². The van der Waals surface area contributed by atoms with Crippen LogP contribution in [-0.2, 0) is 21.3 Å². The maximum atomic E-state index is 14.1. The Labute approximate surface area is 450 Å². The van der Waals surface area contributed by atoms with E-state index < -0.39 is 37.0 Å². The highest BCUT2D eigenvalue weighted by molar-refractivity contribution is 7.90. The Hall–Kier alpha value is -6.57. The van der Waals surface area contributed by atoms with Crippen molar-refractivity contribution >= 4 is 44.0 Å². The van der Waals surface area contributed by atoms with Gasteiger partial charge in [0.1, 0.15) is 34.7 Å². The number of piperidine rings is 1. The molecule has 2 saturated carbocycles. The monoisotopic (exact) mass is 1070 g/mol. The Bertz CT molecular complexity index is 3210. The maximum absolute atomic E-state index is 14.1. The Balaban J connectivity index is 0.767. The first-order valence-corrected chi connectivity index (χ1v) is 28.8. The molecular formula is C59H70N8O9S. The topological polar surface area (TPSA) is 205 Å². The smallest absolute Gasteiger partial charge is 0.293 e. The van der Waals surface area contributed by atoms with Crippen molar-refractivity contribution in [3.8, 4) is 17.2 Å². The number of nitrogens with one attached hydrogen (secondary N) is 3. The maximum Gasteiger partial charge on any atom is 0.293 e. The van der Waals surface area contributed by atoms with E-state index in [0.29, 0.717) is 56.0 Å². The lowest BCUT2D eigenvalue weighted by Crippen LogP contribution is -2.60. The van der Waals surface area contributed by atoms with E-state index in [1.54, 1.807) is 30.6 Å². The molecule has 3 aliphatic heterocycles. The second-order valence-electron chi connectivity index (χ2n) is 22.8. The summed E-state index contributed by atoms with van der Waals surface area (Å²) in [4.78, 5) is 40.6. The van der Waals surface area contributed by atoms with Gasteiger partial charge in [-0.2, -0.15) is 0 Å². The van der Waals surface area contributed by atoms with E-state index in [1.807, 2.05) is 19.1 Å². The highest BCUT2D eigenvalue weighted by atomic mass is 32.2. The van der Waals surface area contributed by atoms with Crippen LogP contribution < -0.4 is 24.4 Å². The van der Waals surface area contributed by atoms with Gasteiger partial charge in [0.25, 0.3) is 21.6 Å². The highest BCUT2D eigenvalue weighted by Crippen LogP contribution is 2.53. The van der Waals surface area contributed by atoms with Gasteiger partial charge in [-0.15, -0.1) is 0 Å². The van der Waals surface area contributed by atoms with Gasteiger partial charge in [-0.25, -0.2) is 18.1 Å². The third-order valence-electron chi connectivity index (χ3n) is 17.0. The molecule has 0 radical (unpaired) electrons. The number of amides is 1. The molecule has 406 valence electrons. The lowest BCUT2D eigenvalue weighted by Gasteiger charge is -2.58. The van der Waals surface area contributed by atoms with Crippen LogP contribution in [0.2, 0.25) is 0 Å². The zero-order chi connectivity index (χ0) is 53.5. The minimum absolute atomic E-state index is 0.0302. The summed E-state index contributed by atoms with van der Waals surface area (Å²) in [5.74, 6) is 1.04. The van der Waals surface area contributed by atoms with Gasteiger partial charge in [0, 0.05) is 87.3 Å². The van der Waals surface area contributed by atoms with Gasteiger partial charge in [0.15, 0.2) is 0 Å². The summed E-state index contributed by atoms with van der Waals surface area (Å²) in [7, 11) is -4.59. The summed E-state index contributed by atoms with van der Waals surface area (Å²) in [5.41, 5.74) is 4.85. The van der Waals surface area contributed by atoms with E-state index in [1.165, 1.54) is 28.8 Å². The number of benzene rings is 4. The van der Waals surface area contributed by atoms with Crippen molar-refractivity contribution in [3.05, 3.63) is 142 Å². The molecule has 77 heavy (non-hydrogen) atoms. The number of anilines is 2. The number of nitrogens with zero attached hydrogens (tertiary/aromatic N) is 5. The summed E-state index contributed by atoms with van der Waals surface area (Å²) in [6, 6.07) is 30.7. The largest absolute Gasteiger partial charge is 0.486 e. The number of aromatic nitrogens is 2. The number of hydrogen-bond donors (Lipinski definition) is 4. The van der Waals surface area contributed by atoms with Crippen LogP contribution in [0.3, 0.4) is 0 Å². The number of carbonyl (C=O) groups is 1. The van der Waals surface area contributed by atoms with Crippen LogP contribution in [0.1, 0.15) is 111 Å². The number of aromatic amines is 1. The van der Waals surface area contributed by atoms with Crippen LogP contribution >= 0.6 is 0 Å². The Morgan fingerprint density at radius 1 is 0.935 bits per heavy atom. The van der Waals surface area contributed by atoms with Crippen molar-refractivity contribution in [3.63, 3.8) is 0 Å². The average molecular weight is 1070 g/mol. The fourth-order valence-corrected chi connectivity index (χ4v) is 13.3. The summed E-state index contributed by atoms with van der Waals surface area (Å²) < 4.78 is 47.6. The minimum atomic E-state index is -4.59. The van der Waals surface area contributed by atoms with Crippen molar-refractivity contribution in [2.45, 2.75) is 113 Å². The summed E-state index contributed by atoms with van der Waals surface area (Å²) >= 11 is 0. The second-order valence-corrected chi connectivity index (χ2v) is 24.5. The molecular weight excluding hydrogens is 997 g/mol. The first-order valence-electron chi connectivity index (χ1n) is 27.3. The lowest BCUT2D eigenvalue weighted by molar-refractivity contribution is -0.384. The number of hydrogen-bond acceptors (Lipinski definition) is 14. The van der Waals surface area contributed by atoms with Crippen molar-refractivity contribution in [1.82, 2.24) is 24.5 Å². The number of nitro benzene ring substituents is 1. The van der Waals surface area contributed by atoms with E-state index in [2.05, 4.69) is 97.1 Å². The van der Waals surface area contributed by atoms with Crippen LogP contribution in [-0.4, -0.2) is 114 Å². The normalized spacial score (nSPS) is 22.4. The molecule has 1 unspecified atom stereocenters. The van der Waals surface area contributed by atoms with Crippen molar-refractivity contribution in [1.29, 1.82) is 0 Å². The molecule has 6 aromatic rings. The zero-order valence-corrected chi connectivity index (χ0v) is 45.0. The van der Waals surface area contributed by atoms with Gasteiger partial charge in [-0.05, 0) is 141 Å². The zero-order valence-electron chi connectivity index (χ0n) is 44.2. The van der Waals surface area contributed by atoms with Gasteiger partial charge in [-0.3, -0.25) is 24.7 Å². The van der Waals surface area contributed by atoms with E-state index >= 15 is 0 Å². The van der Waals surface area contributed by atoms with Crippen LogP contribution in [0.15, 0.2) is 114 Å². The third kappa shape index (κ3) is 11.7. The summed E-state index contributed by atoms with van der Waals surface area (Å²) in [6.45, 7) is 13.6. The third-order valence-corrected chi connectivity index (χ3v) is 18.3. The molecule has 5 heterocycles. The molecule has 3 saturated heterocycles. The minimum Gasteiger partial charge on any atom is -0.486 e. The number of ether oxygens (including phenoxy) is 3. The fourth-order valence-electron chi connectivity index (χ4n) is 12.3. The van der Waals surface area contributed by atoms with E-state index in [0.717, 1.165) is 101 Å². The molecule has 4 N–H and O–H groups in total. The van der Waals surface area contributed by atoms with Crippen LogP contribution in [0.5, 0.6) is 17.2 Å². The van der Waals surface area contributed by atoms with E-state index in [9.17, 15) is 28.4 Å². The second kappa shape index (κ2) is 21.7. The lowest BCUT2D eigenvalue weighted by atomic mass is 9.59. The molecule has 11 rings (SSSR count). The number of rotatable bonds is 17. The number of fused-ring (bicyclic) bond motifs is 1. The number of H-pyrrole nitrogens is 1. The molecule has 5 fully saturated rings. The molecule has 1 amide bonds. The van der Waals surface area contributed by atoms with Gasteiger partial charge in [-0.1, -0.05) is 50.2 Å². The number of piperazine rings is 1. The number of sulfonamides is 1. The Morgan fingerprint density at radius 3 is 2.43 bits per heavy atom. The SMILES string of the molecule is CC(C)c1ccccc1C1CN(Cc2ccc(OC3COC3)cc2)CCN1C1CC2(CCN(c3ccc(C(=O)NS(=O)(=O)c4ccc(NC[C@H]5CC[C@](C)(O)CC5)c([N+](=O)[O-])c4)c(Oc4cnc5[nH]ccc5c4)c3)CC2)C1. The van der Waals surface area contributed by atoms with Crippen molar-refractivity contribution in [2.75, 3.05) is 62.7 Å². The molecule has 1 spiro atoms. The molecule has 2 aromatic heterocycles. The molecule has 0 bridgehead atoms.